The van der Waals surface area contributed by atoms with E-state index in [1.807, 2.05) is 0 Å². The fourth-order valence-electron chi connectivity index (χ4n) is 1.72. The van der Waals surface area contributed by atoms with Crippen molar-refractivity contribution in [1.29, 1.82) is 0 Å². The van der Waals surface area contributed by atoms with E-state index in [4.69, 9.17) is 0 Å². The molecule has 0 aromatic carbocycles. The van der Waals surface area contributed by atoms with Gasteiger partial charge in [0.2, 0.25) is 0 Å². The van der Waals surface area contributed by atoms with Crippen LogP contribution in [0.5, 0.6) is 0 Å². The molecule has 0 radical (unpaired) electrons. The summed E-state index contributed by atoms with van der Waals surface area (Å²) in [6, 6.07) is 4.77. The van der Waals surface area contributed by atoms with Gasteiger partial charge in [0.25, 0.3) is 0 Å². The summed E-state index contributed by atoms with van der Waals surface area (Å²) in [6.45, 7) is 3.25. The van der Waals surface area contributed by atoms with E-state index in [0.717, 1.165) is 18.0 Å². The Morgan fingerprint density at radius 1 is 1.54 bits per heavy atom. The van der Waals surface area contributed by atoms with Crippen LogP contribution < -0.4 is 5.32 Å². The first-order valence-corrected chi connectivity index (χ1v) is 5.81. The SMILES string of the molecule is CSc1ccc2c(n1)CCNC2C. The third kappa shape index (κ3) is 1.71. The van der Waals surface area contributed by atoms with Crippen molar-refractivity contribution in [2.75, 3.05) is 12.8 Å². The van der Waals surface area contributed by atoms with E-state index < -0.39 is 0 Å². The number of rotatable bonds is 1. The topological polar surface area (TPSA) is 24.9 Å². The first-order valence-electron chi connectivity index (χ1n) is 4.58. The van der Waals surface area contributed by atoms with Gasteiger partial charge in [0.15, 0.2) is 0 Å². The maximum atomic E-state index is 4.61. The lowest BCUT2D eigenvalue weighted by Gasteiger charge is -2.23. The van der Waals surface area contributed by atoms with Crippen LogP contribution in [0.2, 0.25) is 0 Å². The first kappa shape index (κ1) is 9.03. The molecule has 0 amide bonds. The predicted octanol–water partition coefficient (Wildman–Crippen LogP) is 2.01. The van der Waals surface area contributed by atoms with Crippen LogP contribution in [0.4, 0.5) is 0 Å². The number of aromatic nitrogens is 1. The molecule has 2 nitrogen and oxygen atoms in total. The minimum absolute atomic E-state index is 0.465. The maximum Gasteiger partial charge on any atom is 0.0960 e. The molecule has 0 bridgehead atoms. The lowest BCUT2D eigenvalue weighted by molar-refractivity contribution is 0.529. The fourth-order valence-corrected chi connectivity index (χ4v) is 2.12. The highest BCUT2D eigenvalue weighted by atomic mass is 32.2. The summed E-state index contributed by atoms with van der Waals surface area (Å²) in [6.07, 6.45) is 3.13. The zero-order valence-electron chi connectivity index (χ0n) is 8.00. The van der Waals surface area contributed by atoms with Gasteiger partial charge < -0.3 is 5.32 Å². The molecule has 1 N–H and O–H groups in total. The number of hydrogen-bond donors (Lipinski definition) is 1. The normalized spacial score (nSPS) is 21.2. The van der Waals surface area contributed by atoms with Crippen molar-refractivity contribution in [2.24, 2.45) is 0 Å². The lowest BCUT2D eigenvalue weighted by atomic mass is 10.0. The molecule has 1 aromatic heterocycles. The van der Waals surface area contributed by atoms with Crippen molar-refractivity contribution in [3.63, 3.8) is 0 Å². The molecule has 3 heteroatoms. The van der Waals surface area contributed by atoms with Crippen molar-refractivity contribution in [3.8, 4) is 0 Å². The zero-order valence-corrected chi connectivity index (χ0v) is 8.82. The molecular weight excluding hydrogens is 180 g/mol. The van der Waals surface area contributed by atoms with Gasteiger partial charge in [-0.05, 0) is 24.8 Å². The molecule has 1 aliphatic rings. The summed E-state index contributed by atoms with van der Waals surface area (Å²) in [5, 5.41) is 4.56. The highest BCUT2D eigenvalue weighted by Crippen LogP contribution is 2.23. The van der Waals surface area contributed by atoms with Crippen molar-refractivity contribution in [2.45, 2.75) is 24.4 Å². The summed E-state index contributed by atoms with van der Waals surface area (Å²) in [5.41, 5.74) is 2.64. The third-order valence-corrected chi connectivity index (χ3v) is 3.12. The molecule has 1 aromatic rings. The van der Waals surface area contributed by atoms with Crippen LogP contribution in [0, 0.1) is 0 Å². The van der Waals surface area contributed by atoms with E-state index in [1.165, 1.54) is 11.3 Å². The average molecular weight is 194 g/mol. The van der Waals surface area contributed by atoms with Gasteiger partial charge in [-0.15, -0.1) is 11.8 Å². The Morgan fingerprint density at radius 2 is 2.38 bits per heavy atom. The summed E-state index contributed by atoms with van der Waals surface area (Å²) in [5.74, 6) is 0. The smallest absolute Gasteiger partial charge is 0.0960 e. The molecule has 0 saturated carbocycles. The van der Waals surface area contributed by atoms with E-state index in [-0.39, 0.29) is 0 Å². The van der Waals surface area contributed by atoms with Gasteiger partial charge >= 0.3 is 0 Å². The Labute approximate surface area is 83.1 Å². The fraction of sp³-hybridized carbons (Fsp3) is 0.500. The van der Waals surface area contributed by atoms with Gasteiger partial charge in [0, 0.05) is 24.7 Å². The minimum atomic E-state index is 0.465. The maximum absolute atomic E-state index is 4.61. The lowest BCUT2D eigenvalue weighted by Crippen LogP contribution is -2.28. The van der Waals surface area contributed by atoms with Crippen molar-refractivity contribution in [1.82, 2.24) is 10.3 Å². The van der Waals surface area contributed by atoms with Crippen LogP contribution in [0.15, 0.2) is 17.2 Å². The second kappa shape index (κ2) is 3.68. The van der Waals surface area contributed by atoms with Gasteiger partial charge in [0.05, 0.1) is 5.03 Å². The number of thioether (sulfide) groups is 1. The van der Waals surface area contributed by atoms with E-state index in [2.05, 4.69) is 35.6 Å². The van der Waals surface area contributed by atoms with E-state index in [0.29, 0.717) is 6.04 Å². The summed E-state index contributed by atoms with van der Waals surface area (Å²) in [4.78, 5) is 4.61. The van der Waals surface area contributed by atoms with Crippen LogP contribution in [0.3, 0.4) is 0 Å². The minimum Gasteiger partial charge on any atom is -0.310 e. The molecule has 13 heavy (non-hydrogen) atoms. The first-order chi connectivity index (χ1) is 6.31. The van der Waals surface area contributed by atoms with Gasteiger partial charge in [-0.1, -0.05) is 6.07 Å². The molecule has 70 valence electrons. The van der Waals surface area contributed by atoms with Crippen LogP contribution in [-0.4, -0.2) is 17.8 Å². The Hall–Kier alpha value is -0.540. The number of fused-ring (bicyclic) bond motifs is 1. The third-order valence-electron chi connectivity index (χ3n) is 2.47. The van der Waals surface area contributed by atoms with E-state index in [1.54, 1.807) is 11.8 Å². The standard InChI is InChI=1S/C10H14N2S/c1-7-8-3-4-10(13-2)12-9(8)5-6-11-7/h3-4,7,11H,5-6H2,1-2H3. The largest absolute Gasteiger partial charge is 0.310 e. The molecule has 1 aliphatic heterocycles. The summed E-state index contributed by atoms with van der Waals surface area (Å²) in [7, 11) is 0. The molecule has 0 fully saturated rings. The van der Waals surface area contributed by atoms with Gasteiger partial charge in [0.1, 0.15) is 0 Å². The Bertz CT molecular complexity index is 312. The average Bonchev–Trinajstić information content (AvgIpc) is 2.18. The van der Waals surface area contributed by atoms with Crippen LogP contribution in [0.25, 0.3) is 0 Å². The van der Waals surface area contributed by atoms with Gasteiger partial charge in [-0.3, -0.25) is 0 Å². The molecule has 0 spiro atoms. The van der Waals surface area contributed by atoms with Crippen molar-refractivity contribution >= 4 is 11.8 Å². The summed E-state index contributed by atoms with van der Waals surface area (Å²) < 4.78 is 0. The number of pyridine rings is 1. The van der Waals surface area contributed by atoms with Gasteiger partial charge in [-0.25, -0.2) is 4.98 Å². The number of hydrogen-bond acceptors (Lipinski definition) is 3. The van der Waals surface area contributed by atoms with E-state index in [9.17, 15) is 0 Å². The highest BCUT2D eigenvalue weighted by molar-refractivity contribution is 7.98. The van der Waals surface area contributed by atoms with Crippen molar-refractivity contribution < 1.29 is 0 Å². The monoisotopic (exact) mass is 194 g/mol. The van der Waals surface area contributed by atoms with Crippen molar-refractivity contribution in [3.05, 3.63) is 23.4 Å². The predicted molar refractivity (Wildman–Crippen MR) is 56.1 cm³/mol. The Balaban J connectivity index is 2.39. The number of nitrogens with one attached hydrogen (secondary N) is 1. The quantitative estimate of drug-likeness (QED) is 0.692. The molecular formula is C10H14N2S. The highest BCUT2D eigenvalue weighted by Gasteiger charge is 2.16. The van der Waals surface area contributed by atoms with Crippen LogP contribution >= 0.6 is 11.8 Å². The van der Waals surface area contributed by atoms with E-state index >= 15 is 0 Å². The summed E-state index contributed by atoms with van der Waals surface area (Å²) >= 11 is 1.71. The number of nitrogens with zero attached hydrogens (tertiary/aromatic N) is 1. The second-order valence-electron chi connectivity index (χ2n) is 3.32. The second-order valence-corrected chi connectivity index (χ2v) is 4.14. The molecule has 0 aliphatic carbocycles. The van der Waals surface area contributed by atoms with Crippen LogP contribution in [-0.2, 0) is 6.42 Å². The molecule has 1 atom stereocenters. The molecule has 1 unspecified atom stereocenters. The molecule has 0 saturated heterocycles. The molecule has 2 rings (SSSR count). The molecule has 2 heterocycles. The van der Waals surface area contributed by atoms with Gasteiger partial charge in [-0.2, -0.15) is 0 Å². The Morgan fingerprint density at radius 3 is 3.15 bits per heavy atom. The Kier molecular flexibility index (Phi) is 2.56. The van der Waals surface area contributed by atoms with Crippen LogP contribution in [0.1, 0.15) is 24.2 Å². The zero-order chi connectivity index (χ0) is 9.26.